The Hall–Kier alpha value is -1.59. The molecule has 21 heavy (non-hydrogen) atoms. The topological polar surface area (TPSA) is 59.0 Å². The molecule has 1 N–H and O–H groups in total. The molecule has 5 heteroatoms. The van der Waals surface area contributed by atoms with Crippen LogP contribution in [0.5, 0.6) is 5.75 Å². The molecule has 1 aliphatic heterocycles. The van der Waals surface area contributed by atoms with Crippen molar-refractivity contribution in [3.05, 3.63) is 29.8 Å². The molecule has 1 fully saturated rings. The molecule has 1 aliphatic rings. The Balaban J connectivity index is 1.81. The second kappa shape index (κ2) is 6.91. The van der Waals surface area contributed by atoms with Crippen LogP contribution in [0.1, 0.15) is 30.6 Å². The Kier molecular flexibility index (Phi) is 5.20. The van der Waals surface area contributed by atoms with Crippen LogP contribution in [-0.4, -0.2) is 54.4 Å². The molecule has 0 amide bonds. The van der Waals surface area contributed by atoms with Gasteiger partial charge in [-0.05, 0) is 32.4 Å². The van der Waals surface area contributed by atoms with E-state index < -0.39 is 5.97 Å². The minimum absolute atomic E-state index is 0.0528. The lowest BCUT2D eigenvalue weighted by Gasteiger charge is -2.42. The Bertz CT molecular complexity index is 487. The quantitative estimate of drug-likeness (QED) is 0.815. The van der Waals surface area contributed by atoms with Crippen LogP contribution in [0.2, 0.25) is 0 Å². The molecule has 1 aromatic rings. The van der Waals surface area contributed by atoms with Crippen molar-refractivity contribution in [2.24, 2.45) is 0 Å². The minimum Gasteiger partial charge on any atom is -0.493 e. The van der Waals surface area contributed by atoms with E-state index >= 15 is 0 Å². The molecular weight excluding hydrogens is 270 g/mol. The first-order chi connectivity index (χ1) is 10.0. The van der Waals surface area contributed by atoms with E-state index in [1.807, 2.05) is 0 Å². The molecule has 0 atom stereocenters. The summed E-state index contributed by atoms with van der Waals surface area (Å²) in [4.78, 5) is 13.5. The number of carboxylic acid groups (broad SMARTS) is 1. The highest BCUT2D eigenvalue weighted by atomic mass is 16.5. The number of hydrogen-bond acceptors (Lipinski definition) is 4. The van der Waals surface area contributed by atoms with Gasteiger partial charge in [0.25, 0.3) is 0 Å². The van der Waals surface area contributed by atoms with Crippen molar-refractivity contribution in [3.8, 4) is 5.75 Å². The van der Waals surface area contributed by atoms with Crippen molar-refractivity contribution in [2.45, 2.75) is 25.8 Å². The summed E-state index contributed by atoms with van der Waals surface area (Å²) in [7, 11) is 0. The first-order valence-electron chi connectivity index (χ1n) is 7.28. The number of para-hydroxylation sites is 1. The molecule has 0 bridgehead atoms. The van der Waals surface area contributed by atoms with Gasteiger partial charge in [0.1, 0.15) is 11.3 Å². The Labute approximate surface area is 125 Å². The van der Waals surface area contributed by atoms with Gasteiger partial charge in [0.15, 0.2) is 0 Å². The summed E-state index contributed by atoms with van der Waals surface area (Å²) in [5.41, 5.74) is 0.265. The second-order valence-electron chi connectivity index (χ2n) is 5.86. The van der Waals surface area contributed by atoms with Crippen LogP contribution >= 0.6 is 0 Å². The molecule has 1 aromatic carbocycles. The van der Waals surface area contributed by atoms with Crippen molar-refractivity contribution in [3.63, 3.8) is 0 Å². The van der Waals surface area contributed by atoms with E-state index in [4.69, 9.17) is 14.6 Å². The molecule has 0 radical (unpaired) electrons. The maximum absolute atomic E-state index is 11.1. The van der Waals surface area contributed by atoms with Gasteiger partial charge < -0.3 is 14.6 Å². The summed E-state index contributed by atoms with van der Waals surface area (Å²) in [6, 6.07) is 6.74. The number of carbonyl (C=O) groups is 1. The lowest BCUT2D eigenvalue weighted by Crippen LogP contribution is -2.53. The zero-order valence-electron chi connectivity index (χ0n) is 12.7. The van der Waals surface area contributed by atoms with Gasteiger partial charge in [0, 0.05) is 18.6 Å². The maximum atomic E-state index is 11.1. The van der Waals surface area contributed by atoms with Gasteiger partial charge in [-0.1, -0.05) is 12.1 Å². The second-order valence-corrected chi connectivity index (χ2v) is 5.86. The standard InChI is InChI=1S/C16H23NO4/c1-16(2)12-20-11-9-17(16)8-5-10-21-14-7-4-3-6-13(14)15(18)19/h3-4,6-7H,5,8-12H2,1-2H3,(H,18,19). The van der Waals surface area contributed by atoms with E-state index in [1.54, 1.807) is 24.3 Å². The fourth-order valence-electron chi connectivity index (χ4n) is 2.51. The van der Waals surface area contributed by atoms with E-state index in [0.717, 1.165) is 32.7 Å². The van der Waals surface area contributed by atoms with Crippen molar-refractivity contribution in [1.29, 1.82) is 0 Å². The van der Waals surface area contributed by atoms with Crippen LogP contribution in [-0.2, 0) is 4.74 Å². The maximum Gasteiger partial charge on any atom is 0.339 e. The molecule has 0 aliphatic carbocycles. The predicted octanol–water partition coefficient (Wildman–Crippen LogP) is 2.26. The third kappa shape index (κ3) is 4.19. The van der Waals surface area contributed by atoms with Crippen LogP contribution in [0, 0.1) is 0 Å². The number of benzene rings is 1. The minimum atomic E-state index is -0.958. The van der Waals surface area contributed by atoms with Gasteiger partial charge in [0.2, 0.25) is 0 Å². The molecule has 0 saturated carbocycles. The molecule has 2 rings (SSSR count). The van der Waals surface area contributed by atoms with Crippen molar-refractivity contribution < 1.29 is 19.4 Å². The average molecular weight is 293 g/mol. The lowest BCUT2D eigenvalue weighted by molar-refractivity contribution is -0.0521. The van der Waals surface area contributed by atoms with Gasteiger partial charge in [0.05, 0.1) is 19.8 Å². The van der Waals surface area contributed by atoms with Crippen molar-refractivity contribution in [1.82, 2.24) is 4.90 Å². The number of carboxylic acids is 1. The van der Waals surface area contributed by atoms with Crippen molar-refractivity contribution >= 4 is 5.97 Å². The van der Waals surface area contributed by atoms with Crippen molar-refractivity contribution in [2.75, 3.05) is 32.9 Å². The highest BCUT2D eigenvalue weighted by Crippen LogP contribution is 2.20. The SMILES string of the molecule is CC1(C)COCCN1CCCOc1ccccc1C(=O)O. The normalized spacial score (nSPS) is 18.4. The van der Waals surface area contributed by atoms with E-state index in [1.165, 1.54) is 0 Å². The first-order valence-corrected chi connectivity index (χ1v) is 7.28. The van der Waals surface area contributed by atoms with Gasteiger partial charge in [-0.3, -0.25) is 4.90 Å². The Morgan fingerprint density at radius 3 is 2.90 bits per heavy atom. The Morgan fingerprint density at radius 2 is 2.19 bits per heavy atom. The molecule has 0 spiro atoms. The molecule has 0 aromatic heterocycles. The Morgan fingerprint density at radius 1 is 1.43 bits per heavy atom. The number of morpholine rings is 1. The zero-order valence-corrected chi connectivity index (χ0v) is 12.7. The third-order valence-corrected chi connectivity index (χ3v) is 3.76. The average Bonchev–Trinajstić information content (AvgIpc) is 2.45. The van der Waals surface area contributed by atoms with E-state index in [9.17, 15) is 4.79 Å². The molecular formula is C16H23NO4. The third-order valence-electron chi connectivity index (χ3n) is 3.76. The highest BCUT2D eigenvalue weighted by molar-refractivity contribution is 5.90. The summed E-state index contributed by atoms with van der Waals surface area (Å²) in [6.07, 6.45) is 0.859. The van der Waals surface area contributed by atoms with Gasteiger partial charge in [-0.15, -0.1) is 0 Å². The molecule has 1 heterocycles. The van der Waals surface area contributed by atoms with Crippen LogP contribution in [0.4, 0.5) is 0 Å². The lowest BCUT2D eigenvalue weighted by atomic mass is 10.0. The molecule has 5 nitrogen and oxygen atoms in total. The first kappa shape index (κ1) is 15.8. The summed E-state index contributed by atoms with van der Waals surface area (Å²) in [5.74, 6) is -0.522. The summed E-state index contributed by atoms with van der Waals surface area (Å²) in [6.45, 7) is 8.23. The van der Waals surface area contributed by atoms with Crippen LogP contribution < -0.4 is 4.74 Å². The van der Waals surface area contributed by atoms with E-state index in [0.29, 0.717) is 12.4 Å². The number of hydrogen-bond donors (Lipinski definition) is 1. The fourth-order valence-corrected chi connectivity index (χ4v) is 2.51. The van der Waals surface area contributed by atoms with Gasteiger partial charge in [-0.25, -0.2) is 4.79 Å². The molecule has 116 valence electrons. The van der Waals surface area contributed by atoms with Crippen LogP contribution in [0.15, 0.2) is 24.3 Å². The summed E-state index contributed by atoms with van der Waals surface area (Å²) in [5, 5.41) is 9.09. The predicted molar refractivity (Wildman–Crippen MR) is 80.0 cm³/mol. The monoisotopic (exact) mass is 293 g/mol. The molecule has 1 saturated heterocycles. The van der Waals surface area contributed by atoms with E-state index in [-0.39, 0.29) is 11.1 Å². The van der Waals surface area contributed by atoms with Crippen LogP contribution in [0.25, 0.3) is 0 Å². The smallest absolute Gasteiger partial charge is 0.339 e. The number of rotatable bonds is 6. The largest absolute Gasteiger partial charge is 0.493 e. The zero-order chi connectivity index (χ0) is 15.3. The van der Waals surface area contributed by atoms with Crippen LogP contribution in [0.3, 0.4) is 0 Å². The number of aromatic carboxylic acids is 1. The fraction of sp³-hybridized carbons (Fsp3) is 0.562. The van der Waals surface area contributed by atoms with E-state index in [2.05, 4.69) is 18.7 Å². The molecule has 0 unspecified atom stereocenters. The van der Waals surface area contributed by atoms with Gasteiger partial charge >= 0.3 is 5.97 Å². The summed E-state index contributed by atoms with van der Waals surface area (Å²) >= 11 is 0. The van der Waals surface area contributed by atoms with Gasteiger partial charge in [-0.2, -0.15) is 0 Å². The summed E-state index contributed by atoms with van der Waals surface area (Å²) < 4.78 is 11.1. The number of ether oxygens (including phenoxy) is 2. The number of nitrogens with zero attached hydrogens (tertiary/aromatic N) is 1. The highest BCUT2D eigenvalue weighted by Gasteiger charge is 2.29.